The number of aromatic nitrogens is 2. The van der Waals surface area contributed by atoms with Crippen molar-refractivity contribution < 1.29 is 18.1 Å². The first-order valence-electron chi connectivity index (χ1n) is 7.77. The lowest BCUT2D eigenvalue weighted by atomic mass is 10.2. The average Bonchev–Trinajstić information content (AvgIpc) is 3.34. The van der Waals surface area contributed by atoms with Crippen LogP contribution < -0.4 is 0 Å². The first kappa shape index (κ1) is 15.9. The molecule has 1 fully saturated rings. The molecular weight excluding hydrogens is 348 g/mol. The van der Waals surface area contributed by atoms with E-state index in [0.717, 1.165) is 18.6 Å². The normalized spacial score (nSPS) is 17.2. The number of benzene rings is 1. The van der Waals surface area contributed by atoms with E-state index in [1.165, 1.54) is 17.4 Å². The van der Waals surface area contributed by atoms with E-state index in [-0.39, 0.29) is 29.2 Å². The van der Waals surface area contributed by atoms with Gasteiger partial charge in [-0.25, -0.2) is 8.78 Å². The number of carbonyl (C=O) groups is 1. The van der Waals surface area contributed by atoms with Crippen LogP contribution in [0.4, 0.5) is 8.78 Å². The molecule has 8 heteroatoms. The van der Waals surface area contributed by atoms with Gasteiger partial charge in [0.1, 0.15) is 17.7 Å². The number of halogens is 2. The molecule has 5 nitrogen and oxygen atoms in total. The lowest BCUT2D eigenvalue weighted by molar-refractivity contribution is 0.0715. The standard InChI is InChI=1S/C17H13F2N3O2S/c18-10-5-6-11(12(19)9-10)15-20-16(24-21-15)13-3-1-7-22(13)17(23)14-4-2-8-25-14/h2,4-6,8-9,13H,1,3,7H2/t13-/m1/s1. The Morgan fingerprint density at radius 1 is 1.32 bits per heavy atom. The van der Waals surface area contributed by atoms with E-state index in [4.69, 9.17) is 4.52 Å². The lowest BCUT2D eigenvalue weighted by Gasteiger charge is -2.20. The summed E-state index contributed by atoms with van der Waals surface area (Å²) in [6, 6.07) is 6.44. The van der Waals surface area contributed by atoms with Crippen LogP contribution in [0, 0.1) is 11.6 Å². The molecule has 1 aromatic carbocycles. The van der Waals surface area contributed by atoms with Crippen molar-refractivity contribution in [2.45, 2.75) is 18.9 Å². The molecule has 1 amide bonds. The monoisotopic (exact) mass is 361 g/mol. The minimum Gasteiger partial charge on any atom is -0.337 e. The van der Waals surface area contributed by atoms with Crippen LogP contribution in [0.1, 0.15) is 34.4 Å². The third-order valence-corrected chi connectivity index (χ3v) is 5.00. The summed E-state index contributed by atoms with van der Waals surface area (Å²) < 4.78 is 32.2. The average molecular weight is 361 g/mol. The molecule has 0 unspecified atom stereocenters. The molecule has 3 aromatic rings. The number of rotatable bonds is 3. The molecule has 0 bridgehead atoms. The van der Waals surface area contributed by atoms with Gasteiger partial charge < -0.3 is 9.42 Å². The van der Waals surface area contributed by atoms with Gasteiger partial charge in [-0.2, -0.15) is 4.98 Å². The number of nitrogens with zero attached hydrogens (tertiary/aromatic N) is 3. The fourth-order valence-electron chi connectivity index (χ4n) is 2.96. The molecule has 0 radical (unpaired) electrons. The van der Waals surface area contributed by atoms with Crippen molar-refractivity contribution in [2.75, 3.05) is 6.54 Å². The van der Waals surface area contributed by atoms with Crippen LogP contribution in [0.25, 0.3) is 11.4 Å². The second-order valence-corrected chi connectivity index (χ2v) is 6.66. The molecule has 0 aliphatic carbocycles. The molecule has 1 saturated heterocycles. The van der Waals surface area contributed by atoms with Gasteiger partial charge in [0, 0.05) is 12.6 Å². The SMILES string of the molecule is O=C(c1cccs1)N1CCC[C@@H]1c1nc(-c2ccc(F)cc2F)no1. The summed E-state index contributed by atoms with van der Waals surface area (Å²) in [5, 5.41) is 5.64. The van der Waals surface area contributed by atoms with Crippen LogP contribution in [-0.2, 0) is 0 Å². The first-order valence-corrected chi connectivity index (χ1v) is 8.65. The van der Waals surface area contributed by atoms with Gasteiger partial charge in [-0.1, -0.05) is 11.2 Å². The summed E-state index contributed by atoms with van der Waals surface area (Å²) in [5.74, 6) is -1.20. The van der Waals surface area contributed by atoms with Crippen LogP contribution >= 0.6 is 11.3 Å². The van der Waals surface area contributed by atoms with Gasteiger partial charge >= 0.3 is 0 Å². The molecule has 1 aliphatic heterocycles. The van der Waals surface area contributed by atoms with E-state index in [2.05, 4.69) is 10.1 Å². The number of carbonyl (C=O) groups excluding carboxylic acids is 1. The minimum atomic E-state index is -0.759. The van der Waals surface area contributed by atoms with Gasteiger partial charge in [-0.05, 0) is 36.4 Å². The van der Waals surface area contributed by atoms with Gasteiger partial charge in [-0.15, -0.1) is 11.3 Å². The molecule has 0 saturated carbocycles. The Morgan fingerprint density at radius 2 is 2.20 bits per heavy atom. The number of thiophene rings is 1. The summed E-state index contributed by atoms with van der Waals surface area (Å²) in [6.45, 7) is 0.601. The van der Waals surface area contributed by atoms with Crippen molar-refractivity contribution in [3.8, 4) is 11.4 Å². The summed E-state index contributed by atoms with van der Waals surface area (Å²) in [6.07, 6.45) is 1.52. The Hall–Kier alpha value is -2.61. The molecular formula is C17H13F2N3O2S. The van der Waals surface area contributed by atoms with Crippen LogP contribution in [-0.4, -0.2) is 27.5 Å². The van der Waals surface area contributed by atoms with Crippen LogP contribution in [0.3, 0.4) is 0 Å². The first-order chi connectivity index (χ1) is 12.1. The molecule has 0 spiro atoms. The molecule has 2 aromatic heterocycles. The predicted molar refractivity (Wildman–Crippen MR) is 87.0 cm³/mol. The molecule has 1 aliphatic rings. The zero-order valence-electron chi connectivity index (χ0n) is 13.0. The predicted octanol–water partition coefficient (Wildman–Crippen LogP) is 4.05. The van der Waals surface area contributed by atoms with Crippen molar-refractivity contribution in [2.24, 2.45) is 0 Å². The molecule has 1 atom stereocenters. The van der Waals surface area contributed by atoms with Crippen molar-refractivity contribution in [1.29, 1.82) is 0 Å². The van der Waals surface area contributed by atoms with E-state index in [0.29, 0.717) is 17.8 Å². The molecule has 4 rings (SSSR count). The number of hydrogen-bond donors (Lipinski definition) is 0. The molecule has 0 N–H and O–H groups in total. The highest BCUT2D eigenvalue weighted by atomic mass is 32.1. The number of likely N-dealkylation sites (tertiary alicyclic amines) is 1. The fraction of sp³-hybridized carbons (Fsp3) is 0.235. The highest BCUT2D eigenvalue weighted by Crippen LogP contribution is 2.34. The van der Waals surface area contributed by atoms with E-state index in [1.54, 1.807) is 11.0 Å². The van der Waals surface area contributed by atoms with Gasteiger partial charge in [-0.3, -0.25) is 4.79 Å². The summed E-state index contributed by atoms with van der Waals surface area (Å²) in [7, 11) is 0. The van der Waals surface area contributed by atoms with Crippen LogP contribution in [0.15, 0.2) is 40.2 Å². The van der Waals surface area contributed by atoms with Gasteiger partial charge in [0.25, 0.3) is 5.91 Å². The second-order valence-electron chi connectivity index (χ2n) is 5.71. The third kappa shape index (κ3) is 2.93. The van der Waals surface area contributed by atoms with Crippen LogP contribution in [0.5, 0.6) is 0 Å². The summed E-state index contributed by atoms with van der Waals surface area (Å²) in [5.41, 5.74) is 0.0607. The zero-order chi connectivity index (χ0) is 17.4. The summed E-state index contributed by atoms with van der Waals surface area (Å²) >= 11 is 1.38. The highest BCUT2D eigenvalue weighted by Gasteiger charge is 2.35. The second kappa shape index (κ2) is 6.36. The molecule has 3 heterocycles. The maximum absolute atomic E-state index is 13.9. The van der Waals surface area contributed by atoms with Gasteiger partial charge in [0.2, 0.25) is 11.7 Å². The van der Waals surface area contributed by atoms with E-state index in [1.807, 2.05) is 11.4 Å². The largest absolute Gasteiger partial charge is 0.337 e. The number of hydrogen-bond acceptors (Lipinski definition) is 5. The Bertz CT molecular complexity index is 911. The minimum absolute atomic E-state index is 0.0444. The number of amides is 1. The van der Waals surface area contributed by atoms with Crippen molar-refractivity contribution >= 4 is 17.2 Å². The van der Waals surface area contributed by atoms with Crippen molar-refractivity contribution in [1.82, 2.24) is 15.0 Å². The third-order valence-electron chi connectivity index (χ3n) is 4.14. The Morgan fingerprint density at radius 3 is 2.96 bits per heavy atom. The summed E-state index contributed by atoms with van der Waals surface area (Å²) in [4.78, 5) is 19.2. The fourth-order valence-corrected chi connectivity index (χ4v) is 3.64. The zero-order valence-corrected chi connectivity index (χ0v) is 13.8. The van der Waals surface area contributed by atoms with E-state index in [9.17, 15) is 13.6 Å². The van der Waals surface area contributed by atoms with Crippen LogP contribution in [0.2, 0.25) is 0 Å². The van der Waals surface area contributed by atoms with Gasteiger partial charge in [0.05, 0.1) is 10.4 Å². The van der Waals surface area contributed by atoms with E-state index >= 15 is 0 Å². The quantitative estimate of drug-likeness (QED) is 0.706. The highest BCUT2D eigenvalue weighted by molar-refractivity contribution is 7.12. The van der Waals surface area contributed by atoms with Crippen molar-refractivity contribution in [3.05, 3.63) is 58.1 Å². The smallest absolute Gasteiger partial charge is 0.264 e. The molecule has 25 heavy (non-hydrogen) atoms. The lowest BCUT2D eigenvalue weighted by Crippen LogP contribution is -2.30. The Kier molecular flexibility index (Phi) is 4.04. The van der Waals surface area contributed by atoms with Crippen molar-refractivity contribution in [3.63, 3.8) is 0 Å². The Labute approximate surface area is 145 Å². The molecule has 128 valence electrons. The maximum atomic E-state index is 13.9. The Balaban J connectivity index is 1.62. The maximum Gasteiger partial charge on any atom is 0.264 e. The topological polar surface area (TPSA) is 59.2 Å². The van der Waals surface area contributed by atoms with Gasteiger partial charge in [0.15, 0.2) is 0 Å². The van der Waals surface area contributed by atoms with E-state index < -0.39 is 11.6 Å².